The zero-order chi connectivity index (χ0) is 20.1. The van der Waals surface area contributed by atoms with Gasteiger partial charge in [0.2, 0.25) is 11.1 Å². The molecular weight excluding hydrogens is 379 g/mol. The third kappa shape index (κ3) is 18.1. The Bertz CT molecular complexity index is 663. The van der Waals surface area contributed by atoms with Crippen molar-refractivity contribution < 1.29 is 16.5 Å². The van der Waals surface area contributed by atoms with Gasteiger partial charge in [-0.1, -0.05) is 36.4 Å². The quantitative estimate of drug-likeness (QED) is 0.281. The van der Waals surface area contributed by atoms with E-state index in [1.165, 1.54) is 0 Å². The van der Waals surface area contributed by atoms with E-state index in [9.17, 15) is 0 Å². The van der Waals surface area contributed by atoms with Crippen molar-refractivity contribution in [2.75, 3.05) is 0 Å². The van der Waals surface area contributed by atoms with Crippen molar-refractivity contribution in [3.05, 3.63) is 83.5 Å². The van der Waals surface area contributed by atoms with Gasteiger partial charge in [0.25, 0.3) is 0 Å². The molecule has 0 aliphatic heterocycles. The van der Waals surface area contributed by atoms with E-state index >= 15 is 0 Å². The molecule has 2 rings (SSSR count). The van der Waals surface area contributed by atoms with Crippen LogP contribution in [0.1, 0.15) is 41.5 Å². The Morgan fingerprint density at radius 3 is 1.00 bits per heavy atom. The summed E-state index contributed by atoms with van der Waals surface area (Å²) in [6, 6.07) is 19.4. The summed E-state index contributed by atoms with van der Waals surface area (Å²) in [6.07, 6.45) is 0. The van der Waals surface area contributed by atoms with E-state index < -0.39 is 0 Å². The Labute approximate surface area is 174 Å². The fourth-order valence-corrected chi connectivity index (χ4v) is 1.10. The fraction of sp³-hybridized carbons (Fsp3) is 0.364. The van der Waals surface area contributed by atoms with Gasteiger partial charge in [-0.05, 0) is 24.3 Å². The number of hydrogen-bond acceptors (Lipinski definition) is 2. The molecule has 0 atom stereocenters. The predicted molar refractivity (Wildman–Crippen MR) is 110 cm³/mol. The van der Waals surface area contributed by atoms with Gasteiger partial charge in [0.15, 0.2) is 0 Å². The Morgan fingerprint density at radius 1 is 0.593 bits per heavy atom. The minimum absolute atomic E-state index is 0. The zero-order valence-corrected chi connectivity index (χ0v) is 17.9. The van der Waals surface area contributed by atoms with E-state index in [1.54, 1.807) is 0 Å². The molecule has 0 amide bonds. The average Bonchev–Trinajstić information content (AvgIpc) is 2.62. The molecule has 0 saturated carbocycles. The summed E-state index contributed by atoms with van der Waals surface area (Å²) in [5, 5.41) is 8.20. The van der Waals surface area contributed by atoms with E-state index in [4.69, 9.17) is 13.1 Å². The molecule has 5 heteroatoms. The van der Waals surface area contributed by atoms with Crippen molar-refractivity contribution in [2.24, 2.45) is 10.2 Å². The minimum Gasteiger partial charge on any atom is -0.311 e. The number of nitrogens with zero attached hydrogens (tertiary/aromatic N) is 4. The van der Waals surface area contributed by atoms with Gasteiger partial charge >= 0.3 is 16.5 Å². The van der Waals surface area contributed by atoms with Crippen LogP contribution in [0.25, 0.3) is 9.69 Å². The molecule has 0 bridgehead atoms. The topological polar surface area (TPSA) is 33.4 Å². The molecule has 2 aromatic carbocycles. The maximum Gasteiger partial charge on any atom is 2.00 e. The Hall–Kier alpha value is -2.49. The van der Waals surface area contributed by atoms with Crippen molar-refractivity contribution in [3.63, 3.8) is 0 Å². The summed E-state index contributed by atoms with van der Waals surface area (Å²) in [4.78, 5) is 6.54. The van der Waals surface area contributed by atoms with Crippen LogP contribution in [0.5, 0.6) is 0 Å². The van der Waals surface area contributed by atoms with Crippen LogP contribution in [-0.4, -0.2) is 11.1 Å². The van der Waals surface area contributed by atoms with Crippen molar-refractivity contribution >= 4 is 11.4 Å². The zero-order valence-electron chi connectivity index (χ0n) is 16.9. The molecule has 144 valence electrons. The largest absolute Gasteiger partial charge is 2.00 e. The number of hydrogen-bond donors (Lipinski definition) is 0. The predicted octanol–water partition coefficient (Wildman–Crippen LogP) is 7.51. The maximum absolute atomic E-state index is 6.48. The van der Waals surface area contributed by atoms with Crippen LogP contribution in [0.3, 0.4) is 0 Å². The van der Waals surface area contributed by atoms with E-state index in [0.717, 1.165) is 11.4 Å². The Balaban J connectivity index is 0. The van der Waals surface area contributed by atoms with E-state index in [-0.39, 0.29) is 27.6 Å². The molecular formula is C22H28N4Ni+2. The third-order valence-electron chi connectivity index (χ3n) is 2.46. The van der Waals surface area contributed by atoms with Gasteiger partial charge in [0, 0.05) is 41.5 Å². The van der Waals surface area contributed by atoms with Crippen LogP contribution in [0.2, 0.25) is 0 Å². The fourth-order valence-electron chi connectivity index (χ4n) is 1.10. The standard InChI is InChI=1S/C12H10N2.2C5H9N.Ni/c1-3-7-11(8-4-1)13-14-12-9-5-2-6-10-12;2*1-5(2,3)6-4;/h1-10H;2*1-3H3;/q;;;+2. The first kappa shape index (κ1) is 26.7. The molecule has 0 unspecified atom stereocenters. The Kier molecular flexibility index (Phi) is 13.6. The van der Waals surface area contributed by atoms with Gasteiger partial charge in [-0.15, -0.1) is 0 Å². The molecule has 0 aliphatic rings. The van der Waals surface area contributed by atoms with Crippen LogP contribution in [0, 0.1) is 13.1 Å². The van der Waals surface area contributed by atoms with Gasteiger partial charge in [0.05, 0.1) is 11.4 Å². The molecule has 0 N–H and O–H groups in total. The molecule has 0 aromatic heterocycles. The van der Waals surface area contributed by atoms with E-state index in [0.29, 0.717) is 0 Å². The van der Waals surface area contributed by atoms with Crippen LogP contribution in [0.4, 0.5) is 11.4 Å². The summed E-state index contributed by atoms with van der Waals surface area (Å²) in [5.74, 6) is 0. The first-order chi connectivity index (χ1) is 12.1. The van der Waals surface area contributed by atoms with Gasteiger partial charge in [-0.2, -0.15) is 10.2 Å². The first-order valence-electron chi connectivity index (χ1n) is 8.36. The van der Waals surface area contributed by atoms with Gasteiger partial charge in [-0.3, -0.25) is 0 Å². The summed E-state index contributed by atoms with van der Waals surface area (Å²) >= 11 is 0. The van der Waals surface area contributed by atoms with Crippen LogP contribution in [-0.2, 0) is 16.5 Å². The average molecular weight is 407 g/mol. The van der Waals surface area contributed by atoms with Crippen molar-refractivity contribution in [2.45, 2.75) is 52.6 Å². The van der Waals surface area contributed by atoms with Crippen LogP contribution >= 0.6 is 0 Å². The van der Waals surface area contributed by atoms with E-state index in [1.807, 2.05) is 102 Å². The molecule has 0 fully saturated rings. The van der Waals surface area contributed by atoms with Gasteiger partial charge < -0.3 is 9.69 Å². The van der Waals surface area contributed by atoms with Crippen LogP contribution in [0.15, 0.2) is 70.9 Å². The second kappa shape index (κ2) is 13.7. The van der Waals surface area contributed by atoms with Gasteiger partial charge in [0.1, 0.15) is 0 Å². The minimum atomic E-state index is -0.167. The number of benzene rings is 2. The Morgan fingerprint density at radius 2 is 0.815 bits per heavy atom. The van der Waals surface area contributed by atoms with Gasteiger partial charge in [-0.25, -0.2) is 13.1 Å². The SMILES string of the molecule is [C-]#[N+]C(C)(C)C.[C-]#[N+]C(C)(C)C.[Ni+2].c1ccc(N=Nc2ccccc2)cc1. The first-order valence-corrected chi connectivity index (χ1v) is 8.36. The molecule has 0 saturated heterocycles. The second-order valence-electron chi connectivity index (χ2n) is 7.44. The normalized spacial score (nSPS) is 10.1. The molecule has 4 nitrogen and oxygen atoms in total. The second-order valence-corrected chi connectivity index (χ2v) is 7.44. The van der Waals surface area contributed by atoms with Crippen molar-refractivity contribution in [3.8, 4) is 0 Å². The summed E-state index contributed by atoms with van der Waals surface area (Å²) in [6.45, 7) is 24.3. The van der Waals surface area contributed by atoms with Crippen LogP contribution < -0.4 is 0 Å². The van der Waals surface area contributed by atoms with Crippen molar-refractivity contribution in [1.29, 1.82) is 0 Å². The van der Waals surface area contributed by atoms with E-state index in [2.05, 4.69) is 19.9 Å². The number of rotatable bonds is 2. The summed E-state index contributed by atoms with van der Waals surface area (Å²) in [7, 11) is 0. The van der Waals surface area contributed by atoms with Crippen molar-refractivity contribution in [1.82, 2.24) is 0 Å². The summed E-state index contributed by atoms with van der Waals surface area (Å²) in [5.41, 5.74) is 1.41. The molecule has 0 spiro atoms. The monoisotopic (exact) mass is 406 g/mol. The third-order valence-corrected chi connectivity index (χ3v) is 2.46. The molecule has 27 heavy (non-hydrogen) atoms. The number of azo groups is 1. The molecule has 0 radical (unpaired) electrons. The summed E-state index contributed by atoms with van der Waals surface area (Å²) < 4.78 is 0. The molecule has 0 aliphatic carbocycles. The molecule has 0 heterocycles. The molecule has 2 aromatic rings. The maximum atomic E-state index is 6.48. The smallest absolute Gasteiger partial charge is 0.311 e.